The van der Waals surface area contributed by atoms with E-state index >= 15 is 0 Å². The normalized spacial score (nSPS) is 18.2. The number of nitrogens with zero attached hydrogens (tertiary/aromatic N) is 4. The second-order valence-corrected chi connectivity index (χ2v) is 11.3. The first kappa shape index (κ1) is 33.8. The quantitative estimate of drug-likeness (QED) is 0.0721. The van der Waals surface area contributed by atoms with Crippen molar-refractivity contribution in [1.29, 1.82) is 0 Å². The number of carbonyl (C=O) groups is 1. The van der Waals surface area contributed by atoms with Crippen molar-refractivity contribution in [2.75, 3.05) is 0 Å². The van der Waals surface area contributed by atoms with Gasteiger partial charge in [-0.05, 0) is 85.4 Å². The molecule has 4 aliphatic heterocycles. The van der Waals surface area contributed by atoms with E-state index in [0.717, 1.165) is 132 Å². The fourth-order valence-corrected chi connectivity index (χ4v) is 5.83. The average Bonchev–Trinajstić information content (AvgIpc) is 3.86. The Kier molecular flexibility index (Phi) is 12.6. The molecule has 234 valence electrons. The summed E-state index contributed by atoms with van der Waals surface area (Å²) in [5, 5.41) is 11.4. The molecule has 0 aromatic carbocycles. The van der Waals surface area contributed by atoms with Crippen molar-refractivity contribution in [3.63, 3.8) is 0 Å². The topological polar surface area (TPSA) is 91.3 Å². The Morgan fingerprint density at radius 3 is 2.00 bits per heavy atom. The Balaban J connectivity index is 0.00000461. The predicted octanol–water partition coefficient (Wildman–Crippen LogP) is 7.86. The minimum Gasteiger partial charge on any atom is -0.878 e. The van der Waals surface area contributed by atoms with Gasteiger partial charge >= 0.3 is 16.5 Å². The number of unbranched alkanes of at least 4 members (excludes halogenated alkanes) is 6. The van der Waals surface area contributed by atoms with Crippen molar-refractivity contribution in [1.82, 2.24) is 4.98 Å². The van der Waals surface area contributed by atoms with Gasteiger partial charge < -0.3 is 10.1 Å². The third-order valence-electron chi connectivity index (χ3n) is 8.14. The second kappa shape index (κ2) is 16.8. The SMILES string of the molecule is CCCCCCC1=C2C=CC(=N2)/C(=C/C=C\[O-])c2ccc([n-]2)C(CCCCCC)=C2C=CC(=N2)C(/C=C/C=O)=C2C=CC1=N2.[Ni+2]. The van der Waals surface area contributed by atoms with Crippen LogP contribution in [0.5, 0.6) is 0 Å². The van der Waals surface area contributed by atoms with Gasteiger partial charge in [0.05, 0.1) is 34.2 Å². The molecule has 0 unspecified atom stereocenters. The molecule has 45 heavy (non-hydrogen) atoms. The molecular weight excluding hydrogens is 603 g/mol. The summed E-state index contributed by atoms with van der Waals surface area (Å²) in [6, 6.07) is 4.05. The fraction of sp³-hybridized carbons (Fsp3) is 0.316. The Labute approximate surface area is 277 Å². The van der Waals surface area contributed by atoms with Crippen molar-refractivity contribution in [2.45, 2.75) is 78.1 Å². The van der Waals surface area contributed by atoms with Crippen molar-refractivity contribution >= 4 is 34.6 Å². The number of fused-ring (bicyclic) bond motifs is 5. The molecule has 8 bridgehead atoms. The van der Waals surface area contributed by atoms with Gasteiger partial charge in [0.2, 0.25) is 0 Å². The number of hydrogen-bond acceptors (Lipinski definition) is 5. The Morgan fingerprint density at radius 1 is 0.689 bits per heavy atom. The van der Waals surface area contributed by atoms with E-state index in [4.69, 9.17) is 20.0 Å². The van der Waals surface area contributed by atoms with E-state index in [2.05, 4.69) is 13.8 Å². The predicted molar refractivity (Wildman–Crippen MR) is 180 cm³/mol. The third kappa shape index (κ3) is 8.15. The Bertz CT molecular complexity index is 1650. The molecule has 0 saturated heterocycles. The maximum Gasteiger partial charge on any atom is 2.00 e. The molecule has 0 spiro atoms. The fourth-order valence-electron chi connectivity index (χ4n) is 5.83. The summed E-state index contributed by atoms with van der Waals surface area (Å²) in [4.78, 5) is 31.7. The number of hydrogen-bond donors (Lipinski definition) is 0. The van der Waals surface area contributed by atoms with E-state index in [9.17, 15) is 9.90 Å². The van der Waals surface area contributed by atoms with Crippen LogP contribution in [0.4, 0.5) is 0 Å². The molecule has 0 N–H and O–H groups in total. The van der Waals surface area contributed by atoms with E-state index in [1.54, 1.807) is 12.2 Å². The summed E-state index contributed by atoms with van der Waals surface area (Å²) in [6.07, 6.45) is 31.1. The van der Waals surface area contributed by atoms with Gasteiger partial charge in [0.1, 0.15) is 6.29 Å². The number of aldehydes is 1. The molecule has 0 radical (unpaired) electrons. The zero-order valence-electron chi connectivity index (χ0n) is 26.1. The standard InChI is InChI=1S/C38H42N4O2.Ni/c1-3-5-7-9-13-27-31-17-21-35(39-31)29(15-11-25-43)37-23-19-33(41-37)28(14-10-8-6-4-2)34-20-24-38(42-34)30(16-12-26-44)36-22-18-32(27)40-36;/h11-12,15-26H,3-10,13-14H2,1-2H3,(H2,39,40,41,42,43,44);/q;+2/p-2. The molecule has 5 rings (SSSR count). The number of aromatic nitrogens is 1. The van der Waals surface area contributed by atoms with Gasteiger partial charge in [0.15, 0.2) is 0 Å². The van der Waals surface area contributed by atoms with Crippen molar-refractivity contribution in [3.8, 4) is 0 Å². The zero-order valence-corrected chi connectivity index (χ0v) is 27.1. The smallest absolute Gasteiger partial charge is 0.878 e. The van der Waals surface area contributed by atoms with Gasteiger partial charge in [0.25, 0.3) is 0 Å². The second-order valence-electron chi connectivity index (χ2n) is 11.3. The summed E-state index contributed by atoms with van der Waals surface area (Å²) in [5.74, 6) is 0. The molecule has 0 fully saturated rings. The average molecular weight is 643 g/mol. The summed E-state index contributed by atoms with van der Waals surface area (Å²) < 4.78 is 0. The molecule has 0 saturated carbocycles. The maximum atomic E-state index is 11.4. The zero-order chi connectivity index (χ0) is 30.7. The van der Waals surface area contributed by atoms with E-state index in [0.29, 0.717) is 0 Å². The van der Waals surface area contributed by atoms with Crippen LogP contribution < -0.4 is 10.1 Å². The molecule has 0 atom stereocenters. The molecule has 6 nitrogen and oxygen atoms in total. The van der Waals surface area contributed by atoms with Gasteiger partial charge in [-0.3, -0.25) is 4.79 Å². The molecule has 7 heteroatoms. The first-order valence-electron chi connectivity index (χ1n) is 15.9. The van der Waals surface area contributed by atoms with Gasteiger partial charge in [-0.2, -0.15) is 0 Å². The van der Waals surface area contributed by atoms with E-state index < -0.39 is 0 Å². The Morgan fingerprint density at radius 2 is 1.29 bits per heavy atom. The van der Waals surface area contributed by atoms with Crippen LogP contribution in [-0.2, 0) is 21.3 Å². The number of aliphatic imine (C=N–C) groups is 3. The van der Waals surface area contributed by atoms with Crippen LogP contribution in [0.2, 0.25) is 0 Å². The molecule has 5 heterocycles. The van der Waals surface area contributed by atoms with Crippen LogP contribution in [-0.4, -0.2) is 23.4 Å². The largest absolute Gasteiger partial charge is 2.00 e. The minimum atomic E-state index is 0. The van der Waals surface area contributed by atoms with Gasteiger partial charge in [-0.1, -0.05) is 76.7 Å². The van der Waals surface area contributed by atoms with Crippen molar-refractivity contribution < 1.29 is 26.4 Å². The minimum absolute atomic E-state index is 0. The van der Waals surface area contributed by atoms with Gasteiger partial charge in [-0.15, -0.1) is 17.6 Å². The molecule has 1 aromatic rings. The monoisotopic (exact) mass is 642 g/mol. The maximum absolute atomic E-state index is 11.4. The summed E-state index contributed by atoms with van der Waals surface area (Å²) in [5.41, 5.74) is 10.4. The summed E-state index contributed by atoms with van der Waals surface area (Å²) in [6.45, 7) is 4.42. The van der Waals surface area contributed by atoms with Crippen LogP contribution in [0.1, 0.15) is 89.4 Å². The summed E-state index contributed by atoms with van der Waals surface area (Å²) in [7, 11) is 0. The number of allylic oxidation sites excluding steroid dienone is 14. The van der Waals surface area contributed by atoms with Gasteiger partial charge in [0, 0.05) is 11.1 Å². The molecule has 1 aromatic heterocycles. The number of rotatable bonds is 13. The molecular formula is C38H40N4NiO2. The summed E-state index contributed by atoms with van der Waals surface area (Å²) >= 11 is 0. The van der Waals surface area contributed by atoms with E-state index in [1.165, 1.54) is 25.0 Å². The van der Waals surface area contributed by atoms with Crippen LogP contribution in [0.25, 0.3) is 11.1 Å². The van der Waals surface area contributed by atoms with Crippen molar-refractivity contribution in [3.05, 3.63) is 119 Å². The first-order chi connectivity index (χ1) is 21.7. The van der Waals surface area contributed by atoms with E-state index in [-0.39, 0.29) is 16.5 Å². The van der Waals surface area contributed by atoms with Crippen LogP contribution in [0.15, 0.2) is 122 Å². The molecule has 0 amide bonds. The van der Waals surface area contributed by atoms with Crippen LogP contribution >= 0.6 is 0 Å². The molecule has 4 aliphatic rings. The third-order valence-corrected chi connectivity index (χ3v) is 8.14. The van der Waals surface area contributed by atoms with Crippen LogP contribution in [0, 0.1) is 0 Å². The number of carbonyl (C=O) groups excluding carboxylic acids is 1. The Hall–Kier alpha value is -4.09. The van der Waals surface area contributed by atoms with Gasteiger partial charge in [-0.25, -0.2) is 15.0 Å². The van der Waals surface area contributed by atoms with E-state index in [1.807, 2.05) is 48.6 Å². The van der Waals surface area contributed by atoms with Crippen LogP contribution in [0.3, 0.4) is 0 Å². The molecule has 0 aliphatic carbocycles. The van der Waals surface area contributed by atoms with Crippen molar-refractivity contribution in [2.24, 2.45) is 15.0 Å². The first-order valence-corrected chi connectivity index (χ1v) is 15.9.